The summed E-state index contributed by atoms with van der Waals surface area (Å²) in [6, 6.07) is 9.62. The Kier molecular flexibility index (Phi) is 7.71. The van der Waals surface area contributed by atoms with Crippen LogP contribution >= 0.6 is 10.3 Å². The third-order valence-corrected chi connectivity index (χ3v) is 8.88. The summed E-state index contributed by atoms with van der Waals surface area (Å²) >= 11 is 0. The fourth-order valence-electron chi connectivity index (χ4n) is 1.53. The summed E-state index contributed by atoms with van der Waals surface area (Å²) < 4.78 is 28.3. The highest BCUT2D eigenvalue weighted by molar-refractivity contribution is 8.29. The van der Waals surface area contributed by atoms with Crippen LogP contribution in [0.15, 0.2) is 34.7 Å². The average molecular weight is 388 g/mol. The van der Waals surface area contributed by atoms with Crippen molar-refractivity contribution in [3.8, 4) is 5.75 Å². The van der Waals surface area contributed by atoms with E-state index in [-0.39, 0.29) is 10.9 Å². The number of benzene rings is 1. The van der Waals surface area contributed by atoms with E-state index in [0.29, 0.717) is 6.61 Å². The van der Waals surface area contributed by atoms with Crippen molar-refractivity contribution >= 4 is 27.5 Å². The lowest BCUT2D eigenvalue weighted by molar-refractivity contribution is 0.195. The maximum absolute atomic E-state index is 12.2. The molecule has 2 unspecified atom stereocenters. The van der Waals surface area contributed by atoms with Crippen molar-refractivity contribution in [2.24, 2.45) is 4.40 Å². The molecule has 0 amide bonds. The Morgan fingerprint density at radius 2 is 1.68 bits per heavy atom. The first-order valence-electron chi connectivity index (χ1n) is 8.38. The Morgan fingerprint density at radius 3 is 2.16 bits per heavy atom. The lowest BCUT2D eigenvalue weighted by Gasteiger charge is -2.45. The van der Waals surface area contributed by atoms with E-state index in [4.69, 9.17) is 8.92 Å². The fraction of sp³-hybridized carbons (Fsp3) is 0.632. The normalized spacial score (nSPS) is 16.6. The molecule has 0 radical (unpaired) electrons. The zero-order valence-corrected chi connectivity index (χ0v) is 18.4. The third kappa shape index (κ3) is 7.50. The Balaban J connectivity index is 2.90. The largest absolute Gasteiger partial charge is 0.490 e. The molecule has 0 aliphatic carbocycles. The summed E-state index contributed by atoms with van der Waals surface area (Å²) in [5.41, 5.74) is 0. The van der Waals surface area contributed by atoms with Gasteiger partial charge in [0.1, 0.15) is 29.4 Å². The molecular formula is C19H33NO3S2. The smallest absolute Gasteiger partial charge is 0.144 e. The first-order valence-corrected chi connectivity index (χ1v) is 11.9. The summed E-state index contributed by atoms with van der Waals surface area (Å²) in [6.45, 7) is 12.6. The second-order valence-corrected chi connectivity index (χ2v) is 14.0. The summed E-state index contributed by atoms with van der Waals surface area (Å²) in [7, 11) is -2.67. The van der Waals surface area contributed by atoms with Gasteiger partial charge in [-0.1, -0.05) is 39.0 Å². The molecule has 0 heterocycles. The zero-order chi connectivity index (χ0) is 19.3. The molecule has 0 saturated carbocycles. The van der Waals surface area contributed by atoms with E-state index in [1.807, 2.05) is 51.1 Å². The van der Waals surface area contributed by atoms with Gasteiger partial charge in [0.25, 0.3) is 0 Å². The summed E-state index contributed by atoms with van der Waals surface area (Å²) in [6.07, 6.45) is 5.56. The highest BCUT2D eigenvalue weighted by Gasteiger charge is 2.31. The Morgan fingerprint density at radius 1 is 1.12 bits per heavy atom. The van der Waals surface area contributed by atoms with Crippen molar-refractivity contribution in [2.45, 2.75) is 57.1 Å². The molecule has 0 fully saturated rings. The van der Waals surface area contributed by atoms with E-state index in [2.05, 4.69) is 37.7 Å². The molecule has 0 bridgehead atoms. The number of hydrogen-bond donors (Lipinski definition) is 0. The predicted molar refractivity (Wildman–Crippen MR) is 112 cm³/mol. The topological polar surface area (TPSA) is 47.9 Å². The lowest BCUT2D eigenvalue weighted by atomic mass is 10.3. The van der Waals surface area contributed by atoms with Gasteiger partial charge in [-0.3, -0.25) is 0 Å². The Labute approximate surface area is 157 Å². The quantitative estimate of drug-likeness (QED) is 0.634. The van der Waals surface area contributed by atoms with Crippen LogP contribution in [0.2, 0.25) is 0 Å². The highest BCUT2D eigenvalue weighted by Crippen LogP contribution is 2.54. The highest BCUT2D eigenvalue weighted by atomic mass is 32.3. The molecule has 0 aliphatic rings. The Bertz CT molecular complexity index is 587. The number of nitrogens with zero attached hydrogens (tertiary/aromatic N) is 1. The van der Waals surface area contributed by atoms with Gasteiger partial charge >= 0.3 is 0 Å². The van der Waals surface area contributed by atoms with Gasteiger partial charge < -0.3 is 8.92 Å². The molecule has 25 heavy (non-hydrogen) atoms. The fourth-order valence-corrected chi connectivity index (χ4v) is 3.10. The van der Waals surface area contributed by atoms with Crippen LogP contribution < -0.4 is 4.74 Å². The lowest BCUT2D eigenvalue weighted by Crippen LogP contribution is -2.33. The molecule has 0 N–H and O–H groups in total. The molecule has 0 spiro atoms. The van der Waals surface area contributed by atoms with Crippen LogP contribution in [-0.2, 0) is 15.2 Å². The number of para-hydroxylation sites is 1. The molecule has 2 atom stereocenters. The Hall–Kier alpha value is -0.850. The van der Waals surface area contributed by atoms with Gasteiger partial charge in [0, 0.05) is 11.0 Å². The van der Waals surface area contributed by atoms with E-state index >= 15 is 0 Å². The molecule has 0 saturated heterocycles. The van der Waals surface area contributed by atoms with Gasteiger partial charge in [0.15, 0.2) is 0 Å². The van der Waals surface area contributed by atoms with E-state index in [9.17, 15) is 4.21 Å². The van der Waals surface area contributed by atoms with Gasteiger partial charge in [-0.25, -0.2) is 4.21 Å². The predicted octanol–water partition coefficient (Wildman–Crippen LogP) is 4.76. The first kappa shape index (κ1) is 22.2. The van der Waals surface area contributed by atoms with Crippen LogP contribution in [0.4, 0.5) is 0 Å². The van der Waals surface area contributed by atoms with Gasteiger partial charge in [-0.2, -0.15) is 4.40 Å². The van der Waals surface area contributed by atoms with Crippen molar-refractivity contribution in [3.05, 3.63) is 30.3 Å². The van der Waals surface area contributed by atoms with Gasteiger partial charge in [-0.05, 0) is 45.4 Å². The van der Waals surface area contributed by atoms with Crippen molar-refractivity contribution in [2.75, 3.05) is 19.1 Å². The minimum Gasteiger partial charge on any atom is -0.490 e. The molecule has 0 aliphatic heterocycles. The molecule has 6 heteroatoms. The molecule has 0 aromatic heterocycles. The molecule has 4 nitrogen and oxygen atoms in total. The standard InChI is InChI=1S/C19H33NO3S2/c1-18(2,3)24(21)20-14-17(23-25(7,8)19(4,5)6)15-22-16-12-10-9-11-13-16/h9-14,17H,15H2,1-8H3. The van der Waals surface area contributed by atoms with Crippen molar-refractivity contribution in [1.82, 2.24) is 0 Å². The third-order valence-electron chi connectivity index (χ3n) is 3.84. The second-order valence-electron chi connectivity index (χ2n) is 8.22. The van der Waals surface area contributed by atoms with Crippen LogP contribution in [0, 0.1) is 0 Å². The number of rotatable bonds is 7. The van der Waals surface area contributed by atoms with Crippen LogP contribution in [0.25, 0.3) is 0 Å². The van der Waals surface area contributed by atoms with Crippen LogP contribution in [0.1, 0.15) is 41.5 Å². The summed E-state index contributed by atoms with van der Waals surface area (Å²) in [5.74, 6) is 0.782. The minimum absolute atomic E-state index is 0.0228. The van der Waals surface area contributed by atoms with E-state index < -0.39 is 26.0 Å². The van der Waals surface area contributed by atoms with Gasteiger partial charge in [0.05, 0.1) is 4.75 Å². The van der Waals surface area contributed by atoms with E-state index in [0.717, 1.165) is 5.75 Å². The first-order chi connectivity index (χ1) is 11.3. The van der Waals surface area contributed by atoms with Gasteiger partial charge in [0.2, 0.25) is 0 Å². The maximum Gasteiger partial charge on any atom is 0.144 e. The van der Waals surface area contributed by atoms with Crippen molar-refractivity contribution in [1.29, 1.82) is 0 Å². The average Bonchev–Trinajstić information content (AvgIpc) is 2.48. The number of hydrogen-bond acceptors (Lipinski definition) is 3. The van der Waals surface area contributed by atoms with Crippen LogP contribution in [-0.4, -0.2) is 45.1 Å². The van der Waals surface area contributed by atoms with Crippen molar-refractivity contribution < 1.29 is 13.1 Å². The number of ether oxygens (including phenoxy) is 1. The van der Waals surface area contributed by atoms with Crippen LogP contribution in [0.5, 0.6) is 5.75 Å². The maximum atomic E-state index is 12.2. The molecule has 1 aromatic rings. The summed E-state index contributed by atoms with van der Waals surface area (Å²) in [5, 5.41) is 0. The zero-order valence-electron chi connectivity index (χ0n) is 16.7. The minimum atomic E-state index is -1.35. The molecule has 144 valence electrons. The second kappa shape index (κ2) is 8.69. The monoisotopic (exact) mass is 387 g/mol. The molecule has 1 aromatic carbocycles. The van der Waals surface area contributed by atoms with Crippen LogP contribution in [0.3, 0.4) is 0 Å². The summed E-state index contributed by atoms with van der Waals surface area (Å²) in [4.78, 5) is 0. The van der Waals surface area contributed by atoms with E-state index in [1.165, 1.54) is 0 Å². The van der Waals surface area contributed by atoms with Crippen molar-refractivity contribution in [3.63, 3.8) is 0 Å². The van der Waals surface area contributed by atoms with E-state index in [1.54, 1.807) is 6.21 Å². The SMILES string of the molecule is CC(C)(C)S(=O)N=CC(COc1ccccc1)OS(C)(C)C(C)(C)C. The molecule has 1 rings (SSSR count). The van der Waals surface area contributed by atoms with Gasteiger partial charge in [-0.15, -0.1) is 10.3 Å². The molecular weight excluding hydrogens is 354 g/mol.